The van der Waals surface area contributed by atoms with Crippen LogP contribution in [0.3, 0.4) is 0 Å². The van der Waals surface area contributed by atoms with Gasteiger partial charge in [-0.3, -0.25) is 0 Å². The zero-order valence-electron chi connectivity index (χ0n) is 10.3. The van der Waals surface area contributed by atoms with E-state index in [1.54, 1.807) is 0 Å². The summed E-state index contributed by atoms with van der Waals surface area (Å²) in [7, 11) is -7.00. The SMILES string of the molecule is NNc1ncc(Br)cc1S(=O)(=O)N1CCS(=O)(=O)CC1. The Morgan fingerprint density at radius 3 is 2.50 bits per heavy atom. The molecule has 1 saturated heterocycles. The number of halogens is 1. The van der Waals surface area contributed by atoms with Crippen molar-refractivity contribution in [1.82, 2.24) is 9.29 Å². The van der Waals surface area contributed by atoms with Gasteiger partial charge in [-0.1, -0.05) is 0 Å². The number of nitrogen functional groups attached to an aromatic ring is 1. The van der Waals surface area contributed by atoms with Gasteiger partial charge in [-0.15, -0.1) is 0 Å². The maximum Gasteiger partial charge on any atom is 0.246 e. The van der Waals surface area contributed by atoms with E-state index in [2.05, 4.69) is 26.3 Å². The fourth-order valence-corrected chi connectivity index (χ4v) is 5.29. The third kappa shape index (κ3) is 3.11. The van der Waals surface area contributed by atoms with Crippen LogP contribution in [0, 0.1) is 0 Å². The lowest BCUT2D eigenvalue weighted by atomic mass is 10.5. The predicted octanol–water partition coefficient (Wildman–Crippen LogP) is -0.451. The maximum absolute atomic E-state index is 12.5. The summed E-state index contributed by atoms with van der Waals surface area (Å²) in [6.45, 7) is -0.137. The van der Waals surface area contributed by atoms with Gasteiger partial charge < -0.3 is 5.43 Å². The minimum Gasteiger partial charge on any atom is -0.307 e. The normalized spacial score (nSPS) is 19.7. The van der Waals surface area contributed by atoms with Crippen molar-refractivity contribution in [3.8, 4) is 0 Å². The summed E-state index contributed by atoms with van der Waals surface area (Å²) >= 11 is 3.15. The van der Waals surface area contributed by atoms with Gasteiger partial charge in [0.05, 0.1) is 11.5 Å². The van der Waals surface area contributed by atoms with Gasteiger partial charge >= 0.3 is 0 Å². The number of nitrogens with one attached hydrogen (secondary N) is 1. The average Bonchev–Trinajstić information content (AvgIpc) is 2.38. The van der Waals surface area contributed by atoms with Crippen molar-refractivity contribution in [1.29, 1.82) is 0 Å². The van der Waals surface area contributed by atoms with E-state index in [-0.39, 0.29) is 35.3 Å². The summed E-state index contributed by atoms with van der Waals surface area (Å²) < 4.78 is 49.3. The highest BCUT2D eigenvalue weighted by Crippen LogP contribution is 2.26. The van der Waals surface area contributed by atoms with Crippen molar-refractivity contribution in [2.75, 3.05) is 30.0 Å². The fraction of sp³-hybridized carbons (Fsp3) is 0.444. The van der Waals surface area contributed by atoms with Crippen LogP contribution in [0.25, 0.3) is 0 Å². The van der Waals surface area contributed by atoms with Crippen molar-refractivity contribution in [3.05, 3.63) is 16.7 Å². The molecule has 0 aromatic carbocycles. The minimum absolute atomic E-state index is 0.0154. The molecule has 0 radical (unpaired) electrons. The number of nitrogens with zero attached hydrogens (tertiary/aromatic N) is 2. The topological polar surface area (TPSA) is 122 Å². The van der Waals surface area contributed by atoms with Crippen molar-refractivity contribution < 1.29 is 16.8 Å². The van der Waals surface area contributed by atoms with E-state index < -0.39 is 19.9 Å². The molecular formula is C9H13BrN4O4S2. The molecule has 0 aliphatic carbocycles. The summed E-state index contributed by atoms with van der Waals surface area (Å²) in [5.74, 6) is 4.92. The van der Waals surface area contributed by atoms with Gasteiger partial charge in [0.25, 0.3) is 0 Å². The summed E-state index contributed by atoms with van der Waals surface area (Å²) in [6, 6.07) is 1.38. The maximum atomic E-state index is 12.5. The van der Waals surface area contributed by atoms with Crippen LogP contribution in [-0.4, -0.2) is 50.7 Å². The lowest BCUT2D eigenvalue weighted by Crippen LogP contribution is -2.43. The van der Waals surface area contributed by atoms with E-state index in [1.807, 2.05) is 0 Å². The van der Waals surface area contributed by atoms with Crippen LogP contribution >= 0.6 is 15.9 Å². The zero-order chi connectivity index (χ0) is 15.0. The van der Waals surface area contributed by atoms with Crippen molar-refractivity contribution in [3.63, 3.8) is 0 Å². The number of hydrazine groups is 1. The Hall–Kier alpha value is -0.750. The fourth-order valence-electron chi connectivity index (χ4n) is 1.80. The van der Waals surface area contributed by atoms with Crippen LogP contribution in [0.4, 0.5) is 5.82 Å². The lowest BCUT2D eigenvalue weighted by molar-refractivity contribution is 0.431. The van der Waals surface area contributed by atoms with Crippen molar-refractivity contribution in [2.45, 2.75) is 4.90 Å². The number of hydrogen-bond acceptors (Lipinski definition) is 7. The Morgan fingerprint density at radius 1 is 1.35 bits per heavy atom. The van der Waals surface area contributed by atoms with Gasteiger partial charge in [0.1, 0.15) is 4.90 Å². The third-order valence-corrected chi connectivity index (χ3v) is 6.83. The highest BCUT2D eigenvalue weighted by atomic mass is 79.9. The molecule has 0 unspecified atom stereocenters. The Kier molecular flexibility index (Phi) is 4.35. The Bertz CT molecular complexity index is 705. The van der Waals surface area contributed by atoms with Crippen LogP contribution < -0.4 is 11.3 Å². The number of nitrogens with two attached hydrogens (primary N) is 1. The number of sulfonamides is 1. The zero-order valence-corrected chi connectivity index (χ0v) is 13.5. The van der Waals surface area contributed by atoms with Gasteiger partial charge in [0.2, 0.25) is 10.0 Å². The first-order valence-electron chi connectivity index (χ1n) is 5.59. The average molecular weight is 385 g/mol. The van der Waals surface area contributed by atoms with Crippen LogP contribution in [-0.2, 0) is 19.9 Å². The first-order valence-corrected chi connectivity index (χ1v) is 9.64. The molecule has 1 aromatic heterocycles. The molecule has 0 atom stereocenters. The lowest BCUT2D eigenvalue weighted by Gasteiger charge is -2.26. The number of anilines is 1. The van der Waals surface area contributed by atoms with E-state index in [1.165, 1.54) is 12.3 Å². The summed E-state index contributed by atoms with van der Waals surface area (Å²) in [5, 5.41) is 0. The van der Waals surface area contributed by atoms with Gasteiger partial charge in [-0.2, -0.15) is 4.31 Å². The molecule has 0 bridgehead atoms. The van der Waals surface area contributed by atoms with E-state index >= 15 is 0 Å². The highest BCUT2D eigenvalue weighted by Gasteiger charge is 2.33. The quantitative estimate of drug-likeness (QED) is 0.534. The number of aromatic nitrogens is 1. The molecule has 3 N–H and O–H groups in total. The van der Waals surface area contributed by atoms with Crippen LogP contribution in [0.5, 0.6) is 0 Å². The van der Waals surface area contributed by atoms with Gasteiger partial charge in [-0.05, 0) is 22.0 Å². The molecule has 0 amide bonds. The monoisotopic (exact) mass is 384 g/mol. The smallest absolute Gasteiger partial charge is 0.246 e. The standard InChI is InChI=1S/C9H13BrN4O4S2/c10-7-5-8(9(13-11)12-6-7)20(17,18)14-1-3-19(15,16)4-2-14/h5-6H,1-4,11H2,(H,12,13). The minimum atomic E-state index is -3.84. The number of sulfone groups is 1. The summed E-state index contributed by atoms with van der Waals surface area (Å²) in [4.78, 5) is 3.79. The molecule has 1 aliphatic rings. The molecule has 0 spiro atoms. The molecule has 1 aliphatic heterocycles. The molecule has 1 fully saturated rings. The molecular weight excluding hydrogens is 372 g/mol. The molecule has 11 heteroatoms. The van der Waals surface area contributed by atoms with Crippen LogP contribution in [0.2, 0.25) is 0 Å². The second kappa shape index (κ2) is 5.56. The predicted molar refractivity (Wildman–Crippen MR) is 77.2 cm³/mol. The van der Waals surface area contributed by atoms with Gasteiger partial charge in [-0.25, -0.2) is 27.7 Å². The van der Waals surface area contributed by atoms with E-state index in [4.69, 9.17) is 5.84 Å². The van der Waals surface area contributed by atoms with Crippen LogP contribution in [0.15, 0.2) is 21.6 Å². The molecule has 8 nitrogen and oxygen atoms in total. The molecule has 112 valence electrons. The van der Waals surface area contributed by atoms with Gasteiger partial charge in [0, 0.05) is 23.8 Å². The molecule has 0 saturated carbocycles. The summed E-state index contributed by atoms with van der Waals surface area (Å²) in [6.07, 6.45) is 1.41. The van der Waals surface area contributed by atoms with Crippen LogP contribution in [0.1, 0.15) is 0 Å². The first-order chi connectivity index (χ1) is 9.26. The Labute approximate surface area is 125 Å². The first kappa shape index (κ1) is 15.6. The molecule has 2 rings (SSSR count). The Morgan fingerprint density at radius 2 is 1.95 bits per heavy atom. The largest absolute Gasteiger partial charge is 0.307 e. The number of hydrogen-bond donors (Lipinski definition) is 2. The second-order valence-corrected chi connectivity index (χ2v) is 9.33. The van der Waals surface area contributed by atoms with Crippen molar-refractivity contribution >= 4 is 41.6 Å². The van der Waals surface area contributed by atoms with E-state index in [9.17, 15) is 16.8 Å². The molecule has 1 aromatic rings. The van der Waals surface area contributed by atoms with Crippen molar-refractivity contribution in [2.24, 2.45) is 5.84 Å². The summed E-state index contributed by atoms with van der Waals surface area (Å²) in [5.41, 5.74) is 2.23. The van der Waals surface area contributed by atoms with E-state index in [0.29, 0.717) is 4.47 Å². The second-order valence-electron chi connectivity index (χ2n) is 4.20. The molecule has 2 heterocycles. The number of rotatable bonds is 3. The number of pyridine rings is 1. The highest BCUT2D eigenvalue weighted by molar-refractivity contribution is 9.10. The molecule has 20 heavy (non-hydrogen) atoms. The Balaban J connectivity index is 2.39. The third-order valence-electron chi connectivity index (χ3n) is 2.88. The van der Waals surface area contributed by atoms with E-state index in [0.717, 1.165) is 4.31 Å². The van der Waals surface area contributed by atoms with Gasteiger partial charge in [0.15, 0.2) is 15.7 Å².